The van der Waals surface area contributed by atoms with Crippen LogP contribution < -0.4 is 10.2 Å². The minimum absolute atomic E-state index is 0.792. The van der Waals surface area contributed by atoms with Crippen molar-refractivity contribution in [3.05, 3.63) is 24.5 Å². The zero-order chi connectivity index (χ0) is 9.80. The molecule has 0 spiro atoms. The van der Waals surface area contributed by atoms with E-state index in [1.54, 1.807) is 0 Å². The number of pyridine rings is 1. The van der Waals surface area contributed by atoms with Gasteiger partial charge in [0.2, 0.25) is 0 Å². The molecule has 3 nitrogen and oxygen atoms in total. The summed E-state index contributed by atoms with van der Waals surface area (Å²) < 4.78 is 0. The highest BCUT2D eigenvalue weighted by Gasteiger charge is 2.21. The Balaban J connectivity index is 1.96. The highest BCUT2D eigenvalue weighted by atomic mass is 15.2. The number of hydrogen-bond donors (Lipinski definition) is 1. The molecule has 0 saturated carbocycles. The minimum atomic E-state index is 0.792. The SMILES string of the molecule is CNCC1CCN(c2cccnc2)C1. The molecule has 0 aliphatic carbocycles. The van der Waals surface area contributed by atoms with Crippen LogP contribution in [0.3, 0.4) is 0 Å². The summed E-state index contributed by atoms with van der Waals surface area (Å²) in [5.41, 5.74) is 1.26. The lowest BCUT2D eigenvalue weighted by Gasteiger charge is -2.17. The highest BCUT2D eigenvalue weighted by Crippen LogP contribution is 2.21. The predicted octanol–water partition coefficient (Wildman–Crippen LogP) is 1.13. The first-order valence-electron chi connectivity index (χ1n) is 5.19. The first-order valence-corrected chi connectivity index (χ1v) is 5.19. The number of aromatic nitrogens is 1. The van der Waals surface area contributed by atoms with Gasteiger partial charge in [0.1, 0.15) is 0 Å². The van der Waals surface area contributed by atoms with E-state index in [0.717, 1.165) is 25.6 Å². The molecule has 1 unspecified atom stereocenters. The van der Waals surface area contributed by atoms with E-state index in [4.69, 9.17) is 0 Å². The van der Waals surface area contributed by atoms with Crippen LogP contribution in [0.25, 0.3) is 0 Å². The van der Waals surface area contributed by atoms with E-state index in [1.807, 2.05) is 25.5 Å². The second-order valence-electron chi connectivity index (χ2n) is 3.87. The molecule has 0 radical (unpaired) electrons. The maximum atomic E-state index is 4.14. The summed E-state index contributed by atoms with van der Waals surface area (Å²) in [4.78, 5) is 6.55. The summed E-state index contributed by atoms with van der Waals surface area (Å²) in [6.45, 7) is 3.45. The number of anilines is 1. The Kier molecular flexibility index (Phi) is 2.99. The van der Waals surface area contributed by atoms with Crippen LogP contribution in [0.5, 0.6) is 0 Å². The van der Waals surface area contributed by atoms with Crippen molar-refractivity contribution in [2.45, 2.75) is 6.42 Å². The fraction of sp³-hybridized carbons (Fsp3) is 0.545. The molecule has 0 aromatic carbocycles. The van der Waals surface area contributed by atoms with Crippen LogP contribution >= 0.6 is 0 Å². The first-order chi connectivity index (χ1) is 6.90. The number of nitrogens with one attached hydrogen (secondary N) is 1. The van der Waals surface area contributed by atoms with Crippen molar-refractivity contribution < 1.29 is 0 Å². The van der Waals surface area contributed by atoms with Crippen molar-refractivity contribution in [2.75, 3.05) is 31.6 Å². The van der Waals surface area contributed by atoms with E-state index in [1.165, 1.54) is 12.1 Å². The molecule has 1 N–H and O–H groups in total. The van der Waals surface area contributed by atoms with Crippen molar-refractivity contribution >= 4 is 5.69 Å². The summed E-state index contributed by atoms with van der Waals surface area (Å²) in [5, 5.41) is 3.24. The van der Waals surface area contributed by atoms with Gasteiger partial charge in [-0.2, -0.15) is 0 Å². The zero-order valence-corrected chi connectivity index (χ0v) is 8.61. The first kappa shape index (κ1) is 9.46. The Labute approximate surface area is 85.1 Å². The van der Waals surface area contributed by atoms with E-state index < -0.39 is 0 Å². The van der Waals surface area contributed by atoms with Crippen LogP contribution in [0.15, 0.2) is 24.5 Å². The third-order valence-electron chi connectivity index (χ3n) is 2.79. The molecule has 1 saturated heterocycles. The van der Waals surface area contributed by atoms with Gasteiger partial charge in [0.15, 0.2) is 0 Å². The molecule has 1 atom stereocenters. The number of hydrogen-bond acceptors (Lipinski definition) is 3. The number of nitrogens with zero attached hydrogens (tertiary/aromatic N) is 2. The van der Waals surface area contributed by atoms with Crippen LogP contribution in [-0.2, 0) is 0 Å². The molecule has 1 aliphatic heterocycles. The monoisotopic (exact) mass is 191 g/mol. The van der Waals surface area contributed by atoms with Crippen molar-refractivity contribution in [3.63, 3.8) is 0 Å². The Morgan fingerprint density at radius 1 is 1.64 bits per heavy atom. The van der Waals surface area contributed by atoms with Crippen LogP contribution in [0, 0.1) is 5.92 Å². The van der Waals surface area contributed by atoms with E-state index in [-0.39, 0.29) is 0 Å². The van der Waals surface area contributed by atoms with E-state index >= 15 is 0 Å². The molecule has 0 bridgehead atoms. The molecule has 0 amide bonds. The maximum absolute atomic E-state index is 4.14. The van der Waals surface area contributed by atoms with Crippen molar-refractivity contribution in [1.82, 2.24) is 10.3 Å². The lowest BCUT2D eigenvalue weighted by atomic mass is 10.1. The van der Waals surface area contributed by atoms with Crippen molar-refractivity contribution in [1.29, 1.82) is 0 Å². The average Bonchev–Trinajstić information content (AvgIpc) is 2.68. The highest BCUT2D eigenvalue weighted by molar-refractivity contribution is 5.44. The van der Waals surface area contributed by atoms with Crippen LogP contribution in [-0.4, -0.2) is 31.7 Å². The molecule has 1 fully saturated rings. The molecule has 3 heteroatoms. The largest absolute Gasteiger partial charge is 0.370 e. The van der Waals surface area contributed by atoms with E-state index in [0.29, 0.717) is 0 Å². The summed E-state index contributed by atoms with van der Waals surface area (Å²) in [7, 11) is 2.02. The van der Waals surface area contributed by atoms with Crippen LogP contribution in [0.1, 0.15) is 6.42 Å². The fourth-order valence-electron chi connectivity index (χ4n) is 2.06. The van der Waals surface area contributed by atoms with Crippen molar-refractivity contribution in [2.24, 2.45) is 5.92 Å². The molecule has 2 heterocycles. The third-order valence-corrected chi connectivity index (χ3v) is 2.79. The van der Waals surface area contributed by atoms with Gasteiger partial charge in [-0.25, -0.2) is 0 Å². The molecule has 1 aliphatic rings. The standard InChI is InChI=1S/C11H17N3/c1-12-7-10-4-6-14(9-10)11-3-2-5-13-8-11/h2-3,5,8,10,12H,4,6-7,9H2,1H3. The molecule has 2 rings (SSSR count). The van der Waals surface area contributed by atoms with Crippen LogP contribution in [0.4, 0.5) is 5.69 Å². The predicted molar refractivity (Wildman–Crippen MR) is 58.5 cm³/mol. The minimum Gasteiger partial charge on any atom is -0.370 e. The lowest BCUT2D eigenvalue weighted by molar-refractivity contribution is 0.549. The van der Waals surface area contributed by atoms with Crippen LogP contribution in [0.2, 0.25) is 0 Å². The molecule has 14 heavy (non-hydrogen) atoms. The molecule has 1 aromatic rings. The Bertz CT molecular complexity index is 273. The third kappa shape index (κ3) is 2.04. The smallest absolute Gasteiger partial charge is 0.0552 e. The van der Waals surface area contributed by atoms with Gasteiger partial charge >= 0.3 is 0 Å². The van der Waals surface area contributed by atoms with Gasteiger partial charge in [-0.3, -0.25) is 4.98 Å². The van der Waals surface area contributed by atoms with Crippen molar-refractivity contribution in [3.8, 4) is 0 Å². The molecular formula is C11H17N3. The Morgan fingerprint density at radius 2 is 2.57 bits per heavy atom. The summed E-state index contributed by atoms with van der Waals surface area (Å²) in [6.07, 6.45) is 5.06. The van der Waals surface area contributed by atoms with Gasteiger partial charge < -0.3 is 10.2 Å². The van der Waals surface area contributed by atoms with Gasteiger partial charge in [0, 0.05) is 19.3 Å². The normalized spacial score (nSPS) is 21.5. The molecule has 76 valence electrons. The maximum Gasteiger partial charge on any atom is 0.0552 e. The average molecular weight is 191 g/mol. The second-order valence-corrected chi connectivity index (χ2v) is 3.87. The summed E-state index contributed by atoms with van der Waals surface area (Å²) in [6, 6.07) is 4.13. The van der Waals surface area contributed by atoms with Gasteiger partial charge in [0.05, 0.1) is 11.9 Å². The van der Waals surface area contributed by atoms with Gasteiger partial charge in [-0.15, -0.1) is 0 Å². The Hall–Kier alpha value is -1.09. The zero-order valence-electron chi connectivity index (χ0n) is 8.61. The second kappa shape index (κ2) is 4.42. The number of rotatable bonds is 3. The van der Waals surface area contributed by atoms with Gasteiger partial charge in [0.25, 0.3) is 0 Å². The summed E-state index contributed by atoms with van der Waals surface area (Å²) in [5.74, 6) is 0.792. The lowest BCUT2D eigenvalue weighted by Crippen LogP contribution is -2.24. The van der Waals surface area contributed by atoms with E-state index in [9.17, 15) is 0 Å². The van der Waals surface area contributed by atoms with E-state index in [2.05, 4.69) is 21.3 Å². The Morgan fingerprint density at radius 3 is 3.29 bits per heavy atom. The van der Waals surface area contributed by atoms with Gasteiger partial charge in [-0.05, 0) is 38.1 Å². The van der Waals surface area contributed by atoms with Gasteiger partial charge in [-0.1, -0.05) is 0 Å². The molecule has 1 aromatic heterocycles. The molecular weight excluding hydrogens is 174 g/mol. The quantitative estimate of drug-likeness (QED) is 0.776. The topological polar surface area (TPSA) is 28.2 Å². The summed E-state index contributed by atoms with van der Waals surface area (Å²) >= 11 is 0. The fourth-order valence-corrected chi connectivity index (χ4v) is 2.06.